The Morgan fingerprint density at radius 2 is 1.95 bits per heavy atom. The molecule has 0 aliphatic carbocycles. The van der Waals surface area contributed by atoms with E-state index < -0.39 is 10.8 Å². The van der Waals surface area contributed by atoms with Crippen molar-refractivity contribution < 1.29 is 9.72 Å². The van der Waals surface area contributed by atoms with Crippen molar-refractivity contribution in [3.05, 3.63) is 64.3 Å². The van der Waals surface area contributed by atoms with Crippen LogP contribution in [-0.2, 0) is 0 Å². The molecule has 1 heterocycles. The van der Waals surface area contributed by atoms with Gasteiger partial charge >= 0.3 is 0 Å². The topological polar surface area (TPSA) is 112 Å². The quantitative estimate of drug-likeness (QED) is 0.588. The average molecular weight is 294 g/mol. The summed E-state index contributed by atoms with van der Waals surface area (Å²) >= 11 is 0. The predicted octanol–water partition coefficient (Wildman–Crippen LogP) is 2.30. The van der Waals surface area contributed by atoms with E-state index >= 15 is 0 Å². The molecule has 0 fully saturated rings. The molecule has 0 aliphatic heterocycles. The van der Waals surface area contributed by atoms with Crippen LogP contribution in [0.2, 0.25) is 0 Å². The Balaban J connectivity index is 2.20. The lowest BCUT2D eigenvalue weighted by molar-refractivity contribution is -0.384. The van der Waals surface area contributed by atoms with Gasteiger partial charge in [-0.3, -0.25) is 19.9 Å². The minimum absolute atomic E-state index is 0.0393. The summed E-state index contributed by atoms with van der Waals surface area (Å²) in [4.78, 5) is 30.5. The maximum absolute atomic E-state index is 11.5. The Labute approximate surface area is 124 Å². The number of nitrogens with zero attached hydrogens (tertiary/aromatic N) is 3. The zero-order valence-electron chi connectivity index (χ0n) is 11.3. The molecule has 0 radical (unpaired) electrons. The van der Waals surface area contributed by atoms with Gasteiger partial charge in [0.25, 0.3) is 11.6 Å². The monoisotopic (exact) mass is 294 g/mol. The van der Waals surface area contributed by atoms with Crippen LogP contribution in [0, 0.1) is 10.1 Å². The van der Waals surface area contributed by atoms with Gasteiger partial charge in [0.2, 0.25) is 0 Å². The molecule has 0 bridgehead atoms. The average Bonchev–Trinajstić information content (AvgIpc) is 2.53. The molecule has 1 aromatic heterocycles. The van der Waals surface area contributed by atoms with Gasteiger partial charge in [0.15, 0.2) is 0 Å². The maximum atomic E-state index is 11.5. The second-order valence-electron chi connectivity index (χ2n) is 4.60. The highest BCUT2D eigenvalue weighted by Gasteiger charge is 2.12. The van der Waals surface area contributed by atoms with E-state index in [2.05, 4.69) is 9.97 Å². The fraction of sp³-hybridized carbons (Fsp3) is 0. The Hall–Kier alpha value is -3.35. The van der Waals surface area contributed by atoms with Gasteiger partial charge in [0, 0.05) is 17.7 Å². The van der Waals surface area contributed by atoms with E-state index in [0.717, 1.165) is 0 Å². The zero-order valence-corrected chi connectivity index (χ0v) is 11.3. The number of hydrogen-bond donors (Lipinski definition) is 1. The van der Waals surface area contributed by atoms with Gasteiger partial charge < -0.3 is 5.73 Å². The predicted molar refractivity (Wildman–Crippen MR) is 80.1 cm³/mol. The number of aromatic nitrogens is 2. The SMILES string of the molecule is NC(=O)c1cccc2ncc(-c3cccc([N+](=O)[O-])c3)nc12. The third-order valence-electron chi connectivity index (χ3n) is 3.19. The van der Waals surface area contributed by atoms with E-state index in [1.165, 1.54) is 18.3 Å². The van der Waals surface area contributed by atoms with E-state index in [0.29, 0.717) is 22.3 Å². The lowest BCUT2D eigenvalue weighted by atomic mass is 10.1. The van der Waals surface area contributed by atoms with Crippen molar-refractivity contribution in [2.24, 2.45) is 5.73 Å². The van der Waals surface area contributed by atoms with Crippen molar-refractivity contribution in [3.8, 4) is 11.3 Å². The van der Waals surface area contributed by atoms with Crippen molar-refractivity contribution in [1.82, 2.24) is 9.97 Å². The highest BCUT2D eigenvalue weighted by atomic mass is 16.6. The number of primary amides is 1. The number of nitrogens with two attached hydrogens (primary N) is 1. The van der Waals surface area contributed by atoms with E-state index in [1.54, 1.807) is 30.3 Å². The largest absolute Gasteiger partial charge is 0.366 e. The summed E-state index contributed by atoms with van der Waals surface area (Å²) in [6.07, 6.45) is 1.51. The molecule has 2 aromatic carbocycles. The molecular weight excluding hydrogens is 284 g/mol. The lowest BCUT2D eigenvalue weighted by Crippen LogP contribution is -2.12. The first kappa shape index (κ1) is 13.6. The first-order valence-corrected chi connectivity index (χ1v) is 6.36. The molecule has 108 valence electrons. The molecule has 3 aromatic rings. The number of carbonyl (C=O) groups is 1. The third kappa shape index (κ3) is 2.35. The number of hydrogen-bond acceptors (Lipinski definition) is 5. The number of nitro benzene ring substituents is 1. The number of benzene rings is 2. The molecule has 3 rings (SSSR count). The fourth-order valence-corrected chi connectivity index (χ4v) is 2.15. The second kappa shape index (κ2) is 5.21. The summed E-state index contributed by atoms with van der Waals surface area (Å²) in [5.41, 5.74) is 7.44. The number of rotatable bonds is 3. The Bertz CT molecular complexity index is 908. The van der Waals surface area contributed by atoms with Crippen LogP contribution in [0.1, 0.15) is 10.4 Å². The molecule has 1 amide bonds. The van der Waals surface area contributed by atoms with E-state index in [1.807, 2.05) is 0 Å². The first-order chi connectivity index (χ1) is 10.6. The minimum atomic E-state index is -0.601. The number of carbonyl (C=O) groups excluding carboxylic acids is 1. The van der Waals surface area contributed by atoms with Crippen molar-refractivity contribution in [1.29, 1.82) is 0 Å². The summed E-state index contributed by atoms with van der Waals surface area (Å²) in [5, 5.41) is 10.8. The van der Waals surface area contributed by atoms with Crippen LogP contribution in [0.5, 0.6) is 0 Å². The summed E-state index contributed by atoms with van der Waals surface area (Å²) in [5.74, 6) is -0.601. The highest BCUT2D eigenvalue weighted by molar-refractivity contribution is 6.04. The fourth-order valence-electron chi connectivity index (χ4n) is 2.15. The number of nitro groups is 1. The molecular formula is C15H10N4O3. The molecule has 0 aliphatic rings. The third-order valence-corrected chi connectivity index (χ3v) is 3.19. The van der Waals surface area contributed by atoms with Crippen molar-refractivity contribution in [2.75, 3.05) is 0 Å². The summed E-state index contributed by atoms with van der Waals surface area (Å²) in [6, 6.07) is 11.0. The minimum Gasteiger partial charge on any atom is -0.366 e. The van der Waals surface area contributed by atoms with Gasteiger partial charge in [-0.1, -0.05) is 18.2 Å². The van der Waals surface area contributed by atoms with E-state index in [-0.39, 0.29) is 11.3 Å². The Morgan fingerprint density at radius 3 is 2.68 bits per heavy atom. The van der Waals surface area contributed by atoms with Gasteiger partial charge in [0.1, 0.15) is 5.52 Å². The summed E-state index contributed by atoms with van der Waals surface area (Å²) in [6.45, 7) is 0. The van der Waals surface area contributed by atoms with E-state index in [4.69, 9.17) is 5.73 Å². The molecule has 0 atom stereocenters. The molecule has 0 spiro atoms. The Kier molecular flexibility index (Phi) is 3.23. The first-order valence-electron chi connectivity index (χ1n) is 6.36. The number of non-ortho nitro benzene ring substituents is 1. The van der Waals surface area contributed by atoms with Crippen LogP contribution in [0.4, 0.5) is 5.69 Å². The van der Waals surface area contributed by atoms with Crippen LogP contribution in [0.25, 0.3) is 22.3 Å². The Morgan fingerprint density at radius 1 is 1.18 bits per heavy atom. The van der Waals surface area contributed by atoms with Gasteiger partial charge in [0.05, 0.1) is 27.9 Å². The van der Waals surface area contributed by atoms with Crippen LogP contribution in [-0.4, -0.2) is 20.8 Å². The van der Waals surface area contributed by atoms with E-state index in [9.17, 15) is 14.9 Å². The van der Waals surface area contributed by atoms with Crippen molar-refractivity contribution in [3.63, 3.8) is 0 Å². The maximum Gasteiger partial charge on any atom is 0.270 e. The van der Waals surface area contributed by atoms with Gasteiger partial charge in [-0.2, -0.15) is 0 Å². The zero-order chi connectivity index (χ0) is 15.7. The molecule has 22 heavy (non-hydrogen) atoms. The lowest BCUT2D eigenvalue weighted by Gasteiger charge is -2.05. The molecule has 0 saturated carbocycles. The van der Waals surface area contributed by atoms with Gasteiger partial charge in [-0.05, 0) is 12.1 Å². The van der Waals surface area contributed by atoms with Gasteiger partial charge in [-0.25, -0.2) is 4.98 Å². The van der Waals surface area contributed by atoms with Crippen LogP contribution < -0.4 is 5.73 Å². The van der Waals surface area contributed by atoms with Crippen molar-refractivity contribution in [2.45, 2.75) is 0 Å². The number of fused-ring (bicyclic) bond motifs is 1. The number of para-hydroxylation sites is 1. The summed E-state index contributed by atoms with van der Waals surface area (Å²) in [7, 11) is 0. The molecule has 7 nitrogen and oxygen atoms in total. The smallest absolute Gasteiger partial charge is 0.270 e. The van der Waals surface area contributed by atoms with Crippen LogP contribution in [0.15, 0.2) is 48.7 Å². The number of amides is 1. The molecule has 0 unspecified atom stereocenters. The molecule has 7 heteroatoms. The van der Waals surface area contributed by atoms with Crippen LogP contribution >= 0.6 is 0 Å². The normalized spacial score (nSPS) is 10.5. The van der Waals surface area contributed by atoms with Crippen molar-refractivity contribution >= 4 is 22.6 Å². The highest BCUT2D eigenvalue weighted by Crippen LogP contribution is 2.24. The standard InChI is InChI=1S/C15H10N4O3/c16-15(20)11-5-2-6-12-14(11)18-13(8-17-12)9-3-1-4-10(7-9)19(21)22/h1-8H,(H2,16,20). The van der Waals surface area contributed by atoms with Gasteiger partial charge in [-0.15, -0.1) is 0 Å². The molecule has 0 saturated heterocycles. The second-order valence-corrected chi connectivity index (χ2v) is 4.60. The summed E-state index contributed by atoms with van der Waals surface area (Å²) < 4.78 is 0. The molecule has 2 N–H and O–H groups in total. The van der Waals surface area contributed by atoms with Crippen LogP contribution in [0.3, 0.4) is 0 Å².